The first kappa shape index (κ1) is 16.5. The molecule has 0 unspecified atom stereocenters. The number of carbonyl (C=O) groups is 2. The summed E-state index contributed by atoms with van der Waals surface area (Å²) in [5.41, 5.74) is 1.74. The van der Waals surface area contributed by atoms with Gasteiger partial charge in [0.1, 0.15) is 0 Å². The maximum Gasteiger partial charge on any atom is 0.226 e. The van der Waals surface area contributed by atoms with Crippen molar-refractivity contribution in [2.75, 3.05) is 12.4 Å². The van der Waals surface area contributed by atoms with Gasteiger partial charge in [0, 0.05) is 25.7 Å². The predicted molar refractivity (Wildman–Crippen MR) is 88.6 cm³/mol. The molecular formula is C18H26N2O2. The molecule has 120 valence electrons. The summed E-state index contributed by atoms with van der Waals surface area (Å²) in [5.74, 6) is 0.878. The number of anilines is 1. The molecule has 0 heterocycles. The van der Waals surface area contributed by atoms with Crippen LogP contribution < -0.4 is 5.32 Å². The fourth-order valence-corrected chi connectivity index (χ4v) is 3.04. The molecule has 1 aliphatic rings. The third-order valence-electron chi connectivity index (χ3n) is 4.56. The first-order chi connectivity index (χ1) is 10.5. The van der Waals surface area contributed by atoms with E-state index < -0.39 is 0 Å². The zero-order chi connectivity index (χ0) is 16.1. The van der Waals surface area contributed by atoms with Crippen molar-refractivity contribution >= 4 is 17.5 Å². The van der Waals surface area contributed by atoms with Crippen LogP contribution in [0.3, 0.4) is 0 Å². The lowest BCUT2D eigenvalue weighted by Crippen LogP contribution is -2.40. The van der Waals surface area contributed by atoms with Crippen LogP contribution in [0.4, 0.5) is 5.69 Å². The Morgan fingerprint density at radius 3 is 2.27 bits per heavy atom. The normalized spacial score (nSPS) is 21.2. The van der Waals surface area contributed by atoms with Gasteiger partial charge >= 0.3 is 0 Å². The molecular weight excluding hydrogens is 276 g/mol. The lowest BCUT2D eigenvalue weighted by Gasteiger charge is -2.33. The van der Waals surface area contributed by atoms with Crippen LogP contribution in [0.2, 0.25) is 0 Å². The predicted octanol–water partition coefficient (Wildman–Crippen LogP) is 3.22. The summed E-state index contributed by atoms with van der Waals surface area (Å²) in [6, 6.07) is 7.88. The zero-order valence-electron chi connectivity index (χ0n) is 13.8. The first-order valence-electron chi connectivity index (χ1n) is 8.08. The van der Waals surface area contributed by atoms with Gasteiger partial charge < -0.3 is 10.2 Å². The van der Waals surface area contributed by atoms with Gasteiger partial charge in [0.15, 0.2) is 0 Å². The van der Waals surface area contributed by atoms with Gasteiger partial charge in [0.05, 0.1) is 6.42 Å². The average Bonchev–Trinajstić information content (AvgIpc) is 2.49. The topological polar surface area (TPSA) is 49.4 Å². The van der Waals surface area contributed by atoms with Crippen LogP contribution in [0.15, 0.2) is 24.3 Å². The molecule has 0 radical (unpaired) electrons. The van der Waals surface area contributed by atoms with E-state index in [0.717, 1.165) is 30.0 Å². The molecule has 0 aliphatic heterocycles. The van der Waals surface area contributed by atoms with Gasteiger partial charge in [-0.05, 0) is 49.3 Å². The molecule has 1 aromatic carbocycles. The summed E-state index contributed by atoms with van der Waals surface area (Å²) in [6.45, 7) is 3.77. The highest BCUT2D eigenvalue weighted by Gasteiger charge is 2.24. The Morgan fingerprint density at radius 2 is 1.73 bits per heavy atom. The summed E-state index contributed by atoms with van der Waals surface area (Å²) in [6.07, 6.45) is 5.08. The van der Waals surface area contributed by atoms with Crippen molar-refractivity contribution in [3.05, 3.63) is 29.8 Å². The van der Waals surface area contributed by atoms with Gasteiger partial charge in [-0.1, -0.05) is 19.1 Å². The van der Waals surface area contributed by atoms with E-state index in [4.69, 9.17) is 0 Å². The molecule has 0 aromatic heterocycles. The van der Waals surface area contributed by atoms with Gasteiger partial charge in [-0.25, -0.2) is 0 Å². The van der Waals surface area contributed by atoms with E-state index in [2.05, 4.69) is 12.2 Å². The number of rotatable bonds is 4. The molecule has 1 N–H and O–H groups in total. The number of benzene rings is 1. The highest BCUT2D eigenvalue weighted by atomic mass is 16.2. The third kappa shape index (κ3) is 4.58. The zero-order valence-corrected chi connectivity index (χ0v) is 13.8. The van der Waals surface area contributed by atoms with Crippen LogP contribution in [0.5, 0.6) is 0 Å². The van der Waals surface area contributed by atoms with Gasteiger partial charge in [-0.2, -0.15) is 0 Å². The van der Waals surface area contributed by atoms with E-state index in [1.54, 1.807) is 0 Å². The number of nitrogens with one attached hydrogen (secondary N) is 1. The van der Waals surface area contributed by atoms with Gasteiger partial charge in [0.2, 0.25) is 11.8 Å². The Bertz CT molecular complexity index is 516. The van der Waals surface area contributed by atoms with Crippen LogP contribution in [0, 0.1) is 5.92 Å². The minimum atomic E-state index is -0.0879. The fraction of sp³-hybridized carbons (Fsp3) is 0.556. The number of nitrogens with zero attached hydrogens (tertiary/aromatic N) is 1. The van der Waals surface area contributed by atoms with Crippen molar-refractivity contribution in [2.24, 2.45) is 5.92 Å². The SMILES string of the molecule is CC(=O)Nc1ccc(CC(=O)N(C)C2CCC(C)CC2)cc1. The second kappa shape index (κ2) is 7.43. The van der Waals surface area contributed by atoms with E-state index in [0.29, 0.717) is 12.5 Å². The van der Waals surface area contributed by atoms with Crippen molar-refractivity contribution in [3.8, 4) is 0 Å². The molecule has 2 rings (SSSR count). The van der Waals surface area contributed by atoms with E-state index in [9.17, 15) is 9.59 Å². The second-order valence-electron chi connectivity index (χ2n) is 6.47. The molecule has 1 aromatic rings. The summed E-state index contributed by atoms with van der Waals surface area (Å²) >= 11 is 0. The Hall–Kier alpha value is -1.84. The van der Waals surface area contributed by atoms with Crippen molar-refractivity contribution in [2.45, 2.75) is 52.0 Å². The van der Waals surface area contributed by atoms with Crippen LogP contribution in [0.1, 0.15) is 45.1 Å². The average molecular weight is 302 g/mol. The van der Waals surface area contributed by atoms with Crippen LogP contribution in [-0.4, -0.2) is 29.8 Å². The number of likely N-dealkylation sites (N-methyl/N-ethyl adjacent to an activating group) is 1. The fourth-order valence-electron chi connectivity index (χ4n) is 3.04. The summed E-state index contributed by atoms with van der Waals surface area (Å²) in [5, 5.41) is 2.73. The molecule has 4 nitrogen and oxygen atoms in total. The van der Waals surface area contributed by atoms with Gasteiger partial charge in [-0.3, -0.25) is 9.59 Å². The minimum absolute atomic E-state index is 0.0879. The monoisotopic (exact) mass is 302 g/mol. The van der Waals surface area contributed by atoms with Crippen LogP contribution >= 0.6 is 0 Å². The Kier molecular flexibility index (Phi) is 5.58. The highest BCUT2D eigenvalue weighted by Crippen LogP contribution is 2.26. The molecule has 1 saturated carbocycles. The van der Waals surface area contributed by atoms with Gasteiger partial charge in [0.25, 0.3) is 0 Å². The summed E-state index contributed by atoms with van der Waals surface area (Å²) < 4.78 is 0. The summed E-state index contributed by atoms with van der Waals surface area (Å²) in [7, 11) is 1.93. The quantitative estimate of drug-likeness (QED) is 0.928. The molecule has 1 aliphatic carbocycles. The van der Waals surface area contributed by atoms with Crippen molar-refractivity contribution < 1.29 is 9.59 Å². The molecule has 0 bridgehead atoms. The molecule has 4 heteroatoms. The molecule has 22 heavy (non-hydrogen) atoms. The number of carbonyl (C=O) groups excluding carboxylic acids is 2. The number of hydrogen-bond donors (Lipinski definition) is 1. The van der Waals surface area contributed by atoms with Crippen molar-refractivity contribution in [1.29, 1.82) is 0 Å². The number of amides is 2. The first-order valence-corrected chi connectivity index (χ1v) is 8.08. The Balaban J connectivity index is 1.89. The Labute approximate surface area is 132 Å². The van der Waals surface area contributed by atoms with E-state index in [1.165, 1.54) is 19.8 Å². The molecule has 0 atom stereocenters. The lowest BCUT2D eigenvalue weighted by molar-refractivity contribution is -0.132. The third-order valence-corrected chi connectivity index (χ3v) is 4.56. The van der Waals surface area contributed by atoms with Crippen LogP contribution in [-0.2, 0) is 16.0 Å². The number of hydrogen-bond acceptors (Lipinski definition) is 2. The largest absolute Gasteiger partial charge is 0.342 e. The van der Waals surface area contributed by atoms with E-state index in [-0.39, 0.29) is 11.8 Å². The van der Waals surface area contributed by atoms with Gasteiger partial charge in [-0.15, -0.1) is 0 Å². The van der Waals surface area contributed by atoms with E-state index in [1.807, 2.05) is 36.2 Å². The van der Waals surface area contributed by atoms with Crippen LogP contribution in [0.25, 0.3) is 0 Å². The maximum atomic E-state index is 12.4. The molecule has 0 spiro atoms. The molecule has 2 amide bonds. The summed E-state index contributed by atoms with van der Waals surface area (Å²) in [4.78, 5) is 25.3. The van der Waals surface area contributed by atoms with Crippen molar-refractivity contribution in [3.63, 3.8) is 0 Å². The molecule has 1 fully saturated rings. The standard InChI is InChI=1S/C18H26N2O2/c1-13-4-10-17(11-5-13)20(3)18(22)12-15-6-8-16(9-7-15)19-14(2)21/h6-9,13,17H,4-5,10-12H2,1-3H3,(H,19,21). The van der Waals surface area contributed by atoms with Crippen molar-refractivity contribution in [1.82, 2.24) is 4.90 Å². The highest BCUT2D eigenvalue weighted by molar-refractivity contribution is 5.88. The second-order valence-corrected chi connectivity index (χ2v) is 6.47. The molecule has 0 saturated heterocycles. The Morgan fingerprint density at radius 1 is 1.14 bits per heavy atom. The minimum Gasteiger partial charge on any atom is -0.342 e. The maximum absolute atomic E-state index is 12.4. The lowest BCUT2D eigenvalue weighted by atomic mass is 9.86. The smallest absolute Gasteiger partial charge is 0.226 e. The van der Waals surface area contributed by atoms with E-state index >= 15 is 0 Å².